The molecule has 2 N–H and O–H groups in total. The van der Waals surface area contributed by atoms with Crippen molar-refractivity contribution in [1.29, 1.82) is 0 Å². The lowest BCUT2D eigenvalue weighted by molar-refractivity contribution is -0.127. The Morgan fingerprint density at radius 3 is 3.00 bits per heavy atom. The van der Waals surface area contributed by atoms with Gasteiger partial charge in [0, 0.05) is 32.3 Å². The minimum atomic E-state index is -0.203. The normalized spacial score (nSPS) is 15.8. The first kappa shape index (κ1) is 12.5. The van der Waals surface area contributed by atoms with E-state index < -0.39 is 0 Å². The predicted octanol–water partition coefficient (Wildman–Crippen LogP) is 0.832. The Balaban J connectivity index is 2.03. The SMILES string of the molecule is C/C=C/NC(=O)NCCCN1CCCC1=O. The summed E-state index contributed by atoms with van der Waals surface area (Å²) >= 11 is 0. The molecule has 1 aliphatic heterocycles. The van der Waals surface area contributed by atoms with Gasteiger partial charge in [-0.2, -0.15) is 0 Å². The molecule has 3 amide bonds. The van der Waals surface area contributed by atoms with Gasteiger partial charge in [0.25, 0.3) is 0 Å². The molecule has 0 aromatic rings. The van der Waals surface area contributed by atoms with Crippen molar-refractivity contribution >= 4 is 11.9 Å². The van der Waals surface area contributed by atoms with E-state index in [0.29, 0.717) is 13.0 Å². The Kier molecular flexibility index (Phi) is 5.39. The van der Waals surface area contributed by atoms with E-state index in [9.17, 15) is 9.59 Å². The Morgan fingerprint density at radius 1 is 1.56 bits per heavy atom. The van der Waals surface area contributed by atoms with Crippen LogP contribution in [0.15, 0.2) is 12.3 Å². The van der Waals surface area contributed by atoms with Gasteiger partial charge in [-0.15, -0.1) is 0 Å². The summed E-state index contributed by atoms with van der Waals surface area (Å²) in [5.41, 5.74) is 0. The number of hydrogen-bond acceptors (Lipinski definition) is 2. The van der Waals surface area contributed by atoms with E-state index in [4.69, 9.17) is 0 Å². The maximum Gasteiger partial charge on any atom is 0.318 e. The number of nitrogens with one attached hydrogen (secondary N) is 2. The number of carbonyl (C=O) groups excluding carboxylic acids is 2. The van der Waals surface area contributed by atoms with Crippen LogP contribution < -0.4 is 10.6 Å². The standard InChI is InChI=1S/C11H19N3O2/c1-2-6-12-11(16)13-7-4-9-14-8-3-5-10(14)15/h2,6H,3-5,7-9H2,1H3,(H2,12,13,16)/b6-2+. The summed E-state index contributed by atoms with van der Waals surface area (Å²) in [5, 5.41) is 5.28. The molecule has 90 valence electrons. The Labute approximate surface area is 95.9 Å². The smallest absolute Gasteiger partial charge is 0.318 e. The lowest BCUT2D eigenvalue weighted by Gasteiger charge is -2.15. The van der Waals surface area contributed by atoms with Crippen molar-refractivity contribution in [3.63, 3.8) is 0 Å². The molecule has 0 unspecified atom stereocenters. The van der Waals surface area contributed by atoms with Gasteiger partial charge in [0.2, 0.25) is 5.91 Å². The number of hydrogen-bond donors (Lipinski definition) is 2. The molecular formula is C11H19N3O2. The van der Waals surface area contributed by atoms with Crippen molar-refractivity contribution < 1.29 is 9.59 Å². The molecule has 1 saturated heterocycles. The van der Waals surface area contributed by atoms with Crippen LogP contribution in [0, 0.1) is 0 Å². The minimum Gasteiger partial charge on any atom is -0.343 e. The molecule has 0 aromatic heterocycles. The molecule has 1 aliphatic rings. The Hall–Kier alpha value is -1.52. The van der Waals surface area contributed by atoms with Crippen LogP contribution >= 0.6 is 0 Å². The van der Waals surface area contributed by atoms with E-state index in [1.165, 1.54) is 0 Å². The molecule has 1 fully saturated rings. The highest BCUT2D eigenvalue weighted by molar-refractivity contribution is 5.78. The minimum absolute atomic E-state index is 0.203. The molecule has 1 rings (SSSR count). The third kappa shape index (κ3) is 4.33. The molecule has 16 heavy (non-hydrogen) atoms. The van der Waals surface area contributed by atoms with Crippen molar-refractivity contribution in [2.24, 2.45) is 0 Å². The summed E-state index contributed by atoms with van der Waals surface area (Å²) in [6.07, 6.45) is 5.78. The van der Waals surface area contributed by atoms with Crippen LogP contribution in [-0.4, -0.2) is 36.5 Å². The number of amides is 3. The molecule has 0 aliphatic carbocycles. The zero-order valence-corrected chi connectivity index (χ0v) is 9.66. The average Bonchev–Trinajstić information content (AvgIpc) is 2.67. The van der Waals surface area contributed by atoms with Gasteiger partial charge in [-0.1, -0.05) is 6.08 Å². The molecule has 5 nitrogen and oxygen atoms in total. The Morgan fingerprint density at radius 2 is 2.38 bits per heavy atom. The van der Waals surface area contributed by atoms with Gasteiger partial charge in [0.15, 0.2) is 0 Å². The van der Waals surface area contributed by atoms with Gasteiger partial charge in [-0.3, -0.25) is 4.79 Å². The van der Waals surface area contributed by atoms with Crippen LogP contribution in [0.3, 0.4) is 0 Å². The van der Waals surface area contributed by atoms with E-state index in [-0.39, 0.29) is 11.9 Å². The third-order valence-corrected chi connectivity index (χ3v) is 2.44. The highest BCUT2D eigenvalue weighted by Crippen LogP contribution is 2.09. The number of allylic oxidation sites excluding steroid dienone is 1. The van der Waals surface area contributed by atoms with Crippen LogP contribution in [0.1, 0.15) is 26.2 Å². The second-order valence-electron chi connectivity index (χ2n) is 3.74. The maximum atomic E-state index is 11.3. The van der Waals surface area contributed by atoms with Crippen molar-refractivity contribution in [3.05, 3.63) is 12.3 Å². The van der Waals surface area contributed by atoms with Gasteiger partial charge >= 0.3 is 6.03 Å². The summed E-state index contributed by atoms with van der Waals surface area (Å²) in [6.45, 7) is 4.03. The zero-order valence-electron chi connectivity index (χ0n) is 9.66. The van der Waals surface area contributed by atoms with Gasteiger partial charge < -0.3 is 15.5 Å². The Bertz CT molecular complexity index is 276. The number of likely N-dealkylation sites (tertiary alicyclic amines) is 1. The summed E-state index contributed by atoms with van der Waals surface area (Å²) in [5.74, 6) is 0.235. The molecule has 0 bridgehead atoms. The first-order valence-corrected chi connectivity index (χ1v) is 5.67. The monoisotopic (exact) mass is 225 g/mol. The molecule has 0 spiro atoms. The first-order chi connectivity index (χ1) is 7.74. The van der Waals surface area contributed by atoms with Crippen LogP contribution in [0.4, 0.5) is 4.79 Å². The van der Waals surface area contributed by atoms with Gasteiger partial charge in [-0.05, 0) is 19.8 Å². The number of urea groups is 1. The number of nitrogens with zero attached hydrogens (tertiary/aromatic N) is 1. The summed E-state index contributed by atoms with van der Waals surface area (Å²) in [6, 6.07) is -0.203. The highest BCUT2D eigenvalue weighted by atomic mass is 16.2. The van der Waals surface area contributed by atoms with Crippen LogP contribution in [-0.2, 0) is 4.79 Å². The average molecular weight is 225 g/mol. The maximum absolute atomic E-state index is 11.3. The van der Waals surface area contributed by atoms with Crippen LogP contribution in [0.25, 0.3) is 0 Å². The molecule has 0 saturated carbocycles. The van der Waals surface area contributed by atoms with Crippen molar-refractivity contribution in [2.45, 2.75) is 26.2 Å². The van der Waals surface area contributed by atoms with Crippen molar-refractivity contribution in [1.82, 2.24) is 15.5 Å². The number of rotatable bonds is 5. The van der Waals surface area contributed by atoms with Crippen LogP contribution in [0.2, 0.25) is 0 Å². The molecule has 0 atom stereocenters. The summed E-state index contributed by atoms with van der Waals surface area (Å²) < 4.78 is 0. The van der Waals surface area contributed by atoms with Gasteiger partial charge in [0.1, 0.15) is 0 Å². The highest BCUT2D eigenvalue weighted by Gasteiger charge is 2.18. The summed E-state index contributed by atoms with van der Waals surface area (Å²) in [7, 11) is 0. The molecule has 5 heteroatoms. The van der Waals surface area contributed by atoms with E-state index in [1.807, 2.05) is 11.8 Å². The van der Waals surface area contributed by atoms with E-state index >= 15 is 0 Å². The first-order valence-electron chi connectivity index (χ1n) is 5.67. The van der Waals surface area contributed by atoms with Crippen molar-refractivity contribution in [2.75, 3.05) is 19.6 Å². The molecule has 0 aromatic carbocycles. The van der Waals surface area contributed by atoms with Crippen molar-refractivity contribution in [3.8, 4) is 0 Å². The fourth-order valence-corrected chi connectivity index (χ4v) is 1.62. The fourth-order valence-electron chi connectivity index (χ4n) is 1.62. The topological polar surface area (TPSA) is 61.4 Å². The lowest BCUT2D eigenvalue weighted by Crippen LogP contribution is -2.35. The van der Waals surface area contributed by atoms with E-state index in [1.54, 1.807) is 12.3 Å². The second-order valence-corrected chi connectivity index (χ2v) is 3.74. The number of carbonyl (C=O) groups is 2. The van der Waals surface area contributed by atoms with Gasteiger partial charge in [0.05, 0.1) is 0 Å². The van der Waals surface area contributed by atoms with Crippen LogP contribution in [0.5, 0.6) is 0 Å². The van der Waals surface area contributed by atoms with Gasteiger partial charge in [-0.25, -0.2) is 4.79 Å². The van der Waals surface area contributed by atoms with E-state index in [2.05, 4.69) is 10.6 Å². The molecule has 1 heterocycles. The predicted molar refractivity (Wildman–Crippen MR) is 61.8 cm³/mol. The third-order valence-electron chi connectivity index (χ3n) is 2.44. The fraction of sp³-hybridized carbons (Fsp3) is 0.636. The zero-order chi connectivity index (χ0) is 11.8. The second kappa shape index (κ2) is 6.87. The lowest BCUT2D eigenvalue weighted by atomic mass is 10.4. The molecular weight excluding hydrogens is 206 g/mol. The molecule has 0 radical (unpaired) electrons. The van der Waals surface area contributed by atoms with E-state index in [0.717, 1.165) is 25.9 Å². The summed E-state index contributed by atoms with van der Waals surface area (Å²) in [4.78, 5) is 24.2. The largest absolute Gasteiger partial charge is 0.343 e. The quantitative estimate of drug-likeness (QED) is 0.681.